The molecule has 0 radical (unpaired) electrons. The van der Waals surface area contributed by atoms with Crippen LogP contribution in [-0.4, -0.2) is 44.0 Å². The average molecular weight is 341 g/mol. The first-order chi connectivity index (χ1) is 11.6. The average Bonchev–Trinajstić information content (AvgIpc) is 2.58. The van der Waals surface area contributed by atoms with E-state index >= 15 is 0 Å². The fourth-order valence-corrected chi connectivity index (χ4v) is 3.01. The Balaban J connectivity index is 2.58. The smallest absolute Gasteiger partial charge is 0.320 e. The van der Waals surface area contributed by atoms with Gasteiger partial charge >= 0.3 is 5.97 Å². The van der Waals surface area contributed by atoms with Crippen LogP contribution in [0.25, 0.3) is 0 Å². The van der Waals surface area contributed by atoms with Gasteiger partial charge in [0.05, 0.1) is 13.2 Å². The molecular formula is C19H35NO4. The maximum atomic E-state index is 11.7. The van der Waals surface area contributed by atoms with E-state index in [4.69, 9.17) is 19.9 Å². The number of allylic oxidation sites excluding steroid dienone is 1. The van der Waals surface area contributed by atoms with Crippen molar-refractivity contribution in [1.82, 2.24) is 0 Å². The van der Waals surface area contributed by atoms with Gasteiger partial charge in [-0.25, -0.2) is 0 Å². The van der Waals surface area contributed by atoms with Crippen molar-refractivity contribution in [2.24, 2.45) is 11.7 Å². The zero-order valence-corrected chi connectivity index (χ0v) is 15.5. The summed E-state index contributed by atoms with van der Waals surface area (Å²) >= 11 is 0. The van der Waals surface area contributed by atoms with Crippen molar-refractivity contribution < 1.29 is 19.0 Å². The Bertz CT molecular complexity index is 372. The topological polar surface area (TPSA) is 70.8 Å². The first-order valence-corrected chi connectivity index (χ1v) is 9.43. The van der Waals surface area contributed by atoms with Crippen LogP contribution in [0.3, 0.4) is 0 Å². The highest BCUT2D eigenvalue weighted by Gasteiger charge is 2.40. The van der Waals surface area contributed by atoms with Gasteiger partial charge in [-0.1, -0.05) is 51.7 Å². The van der Waals surface area contributed by atoms with Crippen LogP contribution in [0.1, 0.15) is 59.3 Å². The number of carbonyl (C=O) groups excluding carboxylic acids is 1. The largest absolute Gasteiger partial charge is 0.455 e. The van der Waals surface area contributed by atoms with Gasteiger partial charge in [-0.2, -0.15) is 0 Å². The lowest BCUT2D eigenvalue weighted by Crippen LogP contribution is -2.52. The molecule has 0 saturated carbocycles. The normalized spacial score (nSPS) is 27.5. The molecule has 4 atom stereocenters. The van der Waals surface area contributed by atoms with Gasteiger partial charge in [0, 0.05) is 12.5 Å². The highest BCUT2D eigenvalue weighted by atomic mass is 16.6. The van der Waals surface area contributed by atoms with Crippen molar-refractivity contribution in [2.45, 2.75) is 77.6 Å². The highest BCUT2D eigenvalue weighted by molar-refractivity contribution is 5.71. The fourth-order valence-electron chi connectivity index (χ4n) is 3.01. The van der Waals surface area contributed by atoms with Crippen molar-refractivity contribution in [2.75, 3.05) is 19.8 Å². The summed E-state index contributed by atoms with van der Waals surface area (Å²) in [5.74, 6) is -0.236. The van der Waals surface area contributed by atoms with E-state index in [2.05, 4.69) is 19.9 Å². The van der Waals surface area contributed by atoms with Crippen LogP contribution in [0.15, 0.2) is 12.2 Å². The molecule has 140 valence electrons. The summed E-state index contributed by atoms with van der Waals surface area (Å²) in [6.45, 7) is 7.28. The third-order valence-electron chi connectivity index (χ3n) is 4.35. The zero-order chi connectivity index (χ0) is 17.8. The molecule has 0 aliphatic carbocycles. The maximum Gasteiger partial charge on any atom is 0.320 e. The summed E-state index contributed by atoms with van der Waals surface area (Å²) in [7, 11) is 0. The standard InChI is InChI=1S/C19H35NO4/c1-4-6-7-8-9-10-11-12-16-19(24-17(21)13-20)18(22-5-2)15(3)14-23-16/h11-12,15-16,18-19H,4-10,13-14,20H2,1-3H3/t15-,16-,18-,19+/m0/s1. The third kappa shape index (κ3) is 7.32. The first-order valence-electron chi connectivity index (χ1n) is 9.43. The second-order valence-corrected chi connectivity index (χ2v) is 6.48. The zero-order valence-electron chi connectivity index (χ0n) is 15.5. The molecule has 0 unspecified atom stereocenters. The third-order valence-corrected chi connectivity index (χ3v) is 4.35. The van der Waals surface area contributed by atoms with Gasteiger partial charge in [0.2, 0.25) is 0 Å². The van der Waals surface area contributed by atoms with Crippen LogP contribution in [0.5, 0.6) is 0 Å². The predicted molar refractivity (Wildman–Crippen MR) is 95.8 cm³/mol. The van der Waals surface area contributed by atoms with E-state index in [9.17, 15) is 4.79 Å². The molecule has 0 bridgehead atoms. The molecule has 0 aromatic rings. The molecule has 1 rings (SSSR count). The Labute approximate surface area is 146 Å². The van der Waals surface area contributed by atoms with Crippen molar-refractivity contribution in [3.8, 4) is 0 Å². The summed E-state index contributed by atoms with van der Waals surface area (Å²) in [4.78, 5) is 11.7. The molecule has 1 aliphatic heterocycles. The number of rotatable bonds is 11. The van der Waals surface area contributed by atoms with E-state index in [1.807, 2.05) is 13.0 Å². The first kappa shape index (κ1) is 21.1. The van der Waals surface area contributed by atoms with Gasteiger partial charge in [-0.3, -0.25) is 4.79 Å². The fraction of sp³-hybridized carbons (Fsp3) is 0.842. The molecule has 1 heterocycles. The van der Waals surface area contributed by atoms with Gasteiger partial charge < -0.3 is 19.9 Å². The van der Waals surface area contributed by atoms with E-state index in [-0.39, 0.29) is 24.7 Å². The van der Waals surface area contributed by atoms with Crippen LogP contribution in [-0.2, 0) is 19.0 Å². The lowest BCUT2D eigenvalue weighted by molar-refractivity contribution is -0.193. The molecule has 5 nitrogen and oxygen atoms in total. The van der Waals surface area contributed by atoms with E-state index in [1.165, 1.54) is 32.1 Å². The van der Waals surface area contributed by atoms with E-state index in [0.29, 0.717) is 13.2 Å². The Morgan fingerprint density at radius 3 is 2.62 bits per heavy atom. The van der Waals surface area contributed by atoms with Crippen molar-refractivity contribution in [3.63, 3.8) is 0 Å². The molecule has 1 fully saturated rings. The lowest BCUT2D eigenvalue weighted by atomic mass is 9.92. The quantitative estimate of drug-likeness (QED) is 0.355. The number of hydrogen-bond donors (Lipinski definition) is 1. The van der Waals surface area contributed by atoms with Crippen molar-refractivity contribution in [3.05, 3.63) is 12.2 Å². The van der Waals surface area contributed by atoms with Gasteiger partial charge in [-0.15, -0.1) is 0 Å². The molecule has 1 aliphatic rings. The molecule has 0 amide bonds. The van der Waals surface area contributed by atoms with Crippen molar-refractivity contribution in [1.29, 1.82) is 0 Å². The Hall–Kier alpha value is -0.910. The van der Waals surface area contributed by atoms with Gasteiger partial charge in [0.15, 0.2) is 6.10 Å². The lowest BCUT2D eigenvalue weighted by Gasteiger charge is -2.39. The molecular weight excluding hydrogens is 306 g/mol. The summed E-state index contributed by atoms with van der Waals surface area (Å²) < 4.78 is 17.2. The number of hydrogen-bond acceptors (Lipinski definition) is 5. The summed E-state index contributed by atoms with van der Waals surface area (Å²) in [5.41, 5.74) is 5.39. The summed E-state index contributed by atoms with van der Waals surface area (Å²) in [5, 5.41) is 0. The Kier molecular flexibility index (Phi) is 11.0. The molecule has 24 heavy (non-hydrogen) atoms. The van der Waals surface area contributed by atoms with Gasteiger partial charge in [0.25, 0.3) is 0 Å². The van der Waals surface area contributed by atoms with Gasteiger partial charge in [0.1, 0.15) is 12.2 Å². The summed E-state index contributed by atoms with van der Waals surface area (Å²) in [6, 6.07) is 0. The van der Waals surface area contributed by atoms with Gasteiger partial charge in [-0.05, 0) is 19.8 Å². The molecule has 0 aromatic heterocycles. The SMILES string of the molecule is CCCCCCCC=C[C@@H]1OC[C@H](C)[C@H](OCC)[C@@H]1OC(=O)CN. The van der Waals surface area contributed by atoms with Crippen molar-refractivity contribution >= 4 is 5.97 Å². The number of carbonyl (C=O) groups is 1. The molecule has 0 spiro atoms. The van der Waals surface area contributed by atoms with Crippen LogP contribution in [0.2, 0.25) is 0 Å². The van der Waals surface area contributed by atoms with E-state index < -0.39 is 12.1 Å². The number of ether oxygens (including phenoxy) is 3. The van der Waals surface area contributed by atoms with E-state index in [0.717, 1.165) is 6.42 Å². The van der Waals surface area contributed by atoms with Crippen LogP contribution in [0, 0.1) is 5.92 Å². The second-order valence-electron chi connectivity index (χ2n) is 6.48. The maximum absolute atomic E-state index is 11.7. The monoisotopic (exact) mass is 341 g/mol. The molecule has 0 aromatic carbocycles. The minimum Gasteiger partial charge on any atom is -0.455 e. The number of nitrogens with two attached hydrogens (primary N) is 1. The second kappa shape index (κ2) is 12.5. The number of unbranched alkanes of at least 4 members (excludes halogenated alkanes) is 5. The predicted octanol–water partition coefficient (Wildman–Crippen LogP) is 3.21. The Morgan fingerprint density at radius 1 is 1.21 bits per heavy atom. The van der Waals surface area contributed by atoms with E-state index in [1.54, 1.807) is 0 Å². The summed E-state index contributed by atoms with van der Waals surface area (Å²) in [6.07, 6.45) is 10.6. The van der Waals surface area contributed by atoms with Crippen LogP contribution < -0.4 is 5.73 Å². The van der Waals surface area contributed by atoms with Crippen LogP contribution >= 0.6 is 0 Å². The Morgan fingerprint density at radius 2 is 1.96 bits per heavy atom. The molecule has 5 heteroatoms. The molecule has 1 saturated heterocycles. The minimum atomic E-state index is -0.430. The highest BCUT2D eigenvalue weighted by Crippen LogP contribution is 2.26. The minimum absolute atomic E-state index is 0.127. The van der Waals surface area contributed by atoms with Crippen LogP contribution in [0.4, 0.5) is 0 Å². The number of esters is 1. The molecule has 2 N–H and O–H groups in total.